The summed E-state index contributed by atoms with van der Waals surface area (Å²) in [5, 5.41) is 5.19. The summed E-state index contributed by atoms with van der Waals surface area (Å²) in [5.74, 6) is 0.502. The van der Waals surface area contributed by atoms with E-state index in [0.717, 1.165) is 8.47 Å². The zero-order chi connectivity index (χ0) is 24.8. The smallest absolute Gasteiger partial charge is 0.329 e. The predicted octanol–water partition coefficient (Wildman–Crippen LogP) is 4.02. The Balaban J connectivity index is 1.78. The number of urea groups is 1. The highest BCUT2D eigenvalue weighted by atomic mass is 127. The first kappa shape index (κ1) is 25.3. The number of rotatable bonds is 9. The van der Waals surface area contributed by atoms with Crippen molar-refractivity contribution in [2.45, 2.75) is 26.9 Å². The average molecular weight is 579 g/mol. The molecular formula is C24H26IN3O6. The van der Waals surface area contributed by atoms with E-state index < -0.39 is 24.4 Å². The Morgan fingerprint density at radius 3 is 2.62 bits per heavy atom. The maximum Gasteiger partial charge on any atom is 0.329 e. The van der Waals surface area contributed by atoms with Crippen LogP contribution in [0.25, 0.3) is 6.08 Å². The van der Waals surface area contributed by atoms with Crippen LogP contribution in [0.4, 0.5) is 10.5 Å². The molecule has 2 aromatic carbocycles. The number of benzene rings is 2. The molecule has 0 bridgehead atoms. The Labute approximate surface area is 211 Å². The molecule has 1 saturated heterocycles. The van der Waals surface area contributed by atoms with E-state index in [4.69, 9.17) is 14.2 Å². The van der Waals surface area contributed by atoms with Gasteiger partial charge in [0.05, 0.1) is 29.1 Å². The molecule has 1 aliphatic rings. The van der Waals surface area contributed by atoms with Gasteiger partial charge in [-0.2, -0.15) is 0 Å². The van der Waals surface area contributed by atoms with Gasteiger partial charge >= 0.3 is 6.03 Å². The quantitative estimate of drug-likeness (QED) is 0.264. The van der Waals surface area contributed by atoms with E-state index in [0.29, 0.717) is 35.1 Å². The first-order valence-corrected chi connectivity index (χ1v) is 11.7. The molecule has 0 saturated carbocycles. The SMILES string of the molecule is CCOc1cc(/C=C2/NC(=O)N(CC(=O)Nc3ccccc3OC)C2=O)cc(I)c1OC(C)C. The Hall–Kier alpha value is -3.28. The molecule has 1 heterocycles. The molecule has 9 nitrogen and oxygen atoms in total. The molecule has 2 aromatic rings. The van der Waals surface area contributed by atoms with Gasteiger partial charge in [0.2, 0.25) is 5.91 Å². The van der Waals surface area contributed by atoms with Crippen molar-refractivity contribution in [3.05, 3.63) is 51.2 Å². The minimum atomic E-state index is -0.675. The molecule has 0 spiro atoms. The third-order valence-corrected chi connectivity index (χ3v) is 5.44. The van der Waals surface area contributed by atoms with Crippen molar-refractivity contribution < 1.29 is 28.6 Å². The van der Waals surface area contributed by atoms with Crippen LogP contribution in [-0.2, 0) is 9.59 Å². The van der Waals surface area contributed by atoms with Gasteiger partial charge < -0.3 is 24.8 Å². The molecule has 3 rings (SSSR count). The lowest BCUT2D eigenvalue weighted by molar-refractivity contribution is -0.127. The van der Waals surface area contributed by atoms with Crippen LogP contribution in [0.1, 0.15) is 26.3 Å². The molecule has 180 valence electrons. The number of anilines is 1. The highest BCUT2D eigenvalue weighted by Crippen LogP contribution is 2.36. The Morgan fingerprint density at radius 2 is 1.94 bits per heavy atom. The van der Waals surface area contributed by atoms with Crippen LogP contribution >= 0.6 is 22.6 Å². The van der Waals surface area contributed by atoms with Crippen molar-refractivity contribution in [2.75, 3.05) is 25.6 Å². The third-order valence-electron chi connectivity index (χ3n) is 4.64. The standard InChI is InChI=1S/C24H26IN3O6/c1-5-33-20-12-15(10-16(25)22(20)34-14(2)3)11-18-23(30)28(24(31)27-18)13-21(29)26-17-8-6-7-9-19(17)32-4/h6-12,14H,5,13H2,1-4H3,(H,26,29)(H,27,31)/b18-11+. The fraction of sp³-hybridized carbons (Fsp3) is 0.292. The summed E-state index contributed by atoms with van der Waals surface area (Å²) in [6.07, 6.45) is 1.51. The summed E-state index contributed by atoms with van der Waals surface area (Å²) < 4.78 is 17.6. The van der Waals surface area contributed by atoms with Crippen LogP contribution < -0.4 is 24.8 Å². The van der Waals surface area contributed by atoms with Crippen molar-refractivity contribution in [2.24, 2.45) is 0 Å². The van der Waals surface area contributed by atoms with Gasteiger partial charge in [-0.3, -0.25) is 9.59 Å². The topological polar surface area (TPSA) is 106 Å². The summed E-state index contributed by atoms with van der Waals surface area (Å²) in [7, 11) is 1.49. The molecule has 34 heavy (non-hydrogen) atoms. The van der Waals surface area contributed by atoms with E-state index >= 15 is 0 Å². The number of nitrogens with zero attached hydrogens (tertiary/aromatic N) is 1. The summed E-state index contributed by atoms with van der Waals surface area (Å²) in [6.45, 7) is 5.71. The van der Waals surface area contributed by atoms with Crippen LogP contribution in [0.15, 0.2) is 42.1 Å². The summed E-state index contributed by atoms with van der Waals surface area (Å²) in [5.41, 5.74) is 1.15. The minimum Gasteiger partial charge on any atom is -0.495 e. The first-order valence-electron chi connectivity index (χ1n) is 10.6. The number of imide groups is 1. The van der Waals surface area contributed by atoms with Gasteiger partial charge in [0.15, 0.2) is 11.5 Å². The summed E-state index contributed by atoms with van der Waals surface area (Å²) in [6, 6.07) is 9.76. The zero-order valence-corrected chi connectivity index (χ0v) is 21.5. The number of carbonyl (C=O) groups is 3. The van der Waals surface area contributed by atoms with Crippen molar-refractivity contribution in [1.29, 1.82) is 0 Å². The molecule has 0 atom stereocenters. The van der Waals surface area contributed by atoms with Crippen molar-refractivity contribution in [3.63, 3.8) is 0 Å². The van der Waals surface area contributed by atoms with E-state index in [2.05, 4.69) is 33.2 Å². The number of methoxy groups -OCH3 is 1. The van der Waals surface area contributed by atoms with E-state index in [1.54, 1.807) is 36.4 Å². The maximum absolute atomic E-state index is 12.9. The van der Waals surface area contributed by atoms with Crippen molar-refractivity contribution in [1.82, 2.24) is 10.2 Å². The lowest BCUT2D eigenvalue weighted by atomic mass is 10.1. The number of hydrogen-bond donors (Lipinski definition) is 2. The lowest BCUT2D eigenvalue weighted by Crippen LogP contribution is -2.38. The van der Waals surface area contributed by atoms with Crippen LogP contribution in [0.5, 0.6) is 17.2 Å². The van der Waals surface area contributed by atoms with Gasteiger partial charge in [0.25, 0.3) is 5.91 Å². The monoisotopic (exact) mass is 579 g/mol. The fourth-order valence-electron chi connectivity index (χ4n) is 3.25. The van der Waals surface area contributed by atoms with Crippen LogP contribution in [0.3, 0.4) is 0 Å². The second-order valence-corrected chi connectivity index (χ2v) is 8.72. The Kier molecular flexibility index (Phi) is 8.37. The molecule has 1 aliphatic heterocycles. The molecule has 0 radical (unpaired) electrons. The molecule has 0 unspecified atom stereocenters. The van der Waals surface area contributed by atoms with Gasteiger partial charge in [-0.1, -0.05) is 12.1 Å². The number of halogens is 1. The van der Waals surface area contributed by atoms with Crippen LogP contribution in [0, 0.1) is 3.57 Å². The number of para-hydroxylation sites is 2. The fourth-order valence-corrected chi connectivity index (χ4v) is 4.00. The maximum atomic E-state index is 12.9. The second-order valence-electron chi connectivity index (χ2n) is 7.56. The number of hydrogen-bond acceptors (Lipinski definition) is 6. The van der Waals surface area contributed by atoms with Crippen LogP contribution in [0.2, 0.25) is 0 Å². The van der Waals surface area contributed by atoms with E-state index in [-0.39, 0.29) is 11.8 Å². The van der Waals surface area contributed by atoms with Gasteiger partial charge in [-0.25, -0.2) is 9.69 Å². The largest absolute Gasteiger partial charge is 0.495 e. The molecule has 0 aliphatic carbocycles. The van der Waals surface area contributed by atoms with Crippen molar-refractivity contribution >= 4 is 52.2 Å². The Morgan fingerprint density at radius 1 is 1.21 bits per heavy atom. The van der Waals surface area contributed by atoms with E-state index in [1.165, 1.54) is 7.11 Å². The third kappa shape index (κ3) is 5.99. The number of amides is 4. The van der Waals surface area contributed by atoms with Crippen LogP contribution in [-0.4, -0.2) is 49.1 Å². The molecule has 1 fully saturated rings. The average Bonchev–Trinajstić information content (AvgIpc) is 3.03. The highest BCUT2D eigenvalue weighted by molar-refractivity contribution is 14.1. The lowest BCUT2D eigenvalue weighted by Gasteiger charge is -2.17. The molecule has 4 amide bonds. The summed E-state index contributed by atoms with van der Waals surface area (Å²) >= 11 is 2.14. The van der Waals surface area contributed by atoms with Gasteiger partial charge in [-0.05, 0) is 79.3 Å². The first-order chi connectivity index (χ1) is 16.2. The highest BCUT2D eigenvalue weighted by Gasteiger charge is 2.35. The minimum absolute atomic E-state index is 0.0387. The Bertz CT molecular complexity index is 1130. The number of ether oxygens (including phenoxy) is 3. The normalized spacial score (nSPS) is 14.4. The van der Waals surface area contributed by atoms with Gasteiger partial charge in [0, 0.05) is 0 Å². The van der Waals surface area contributed by atoms with Crippen molar-refractivity contribution in [3.8, 4) is 17.2 Å². The second kappa shape index (κ2) is 11.2. The molecule has 0 aromatic heterocycles. The van der Waals surface area contributed by atoms with Gasteiger partial charge in [0.1, 0.15) is 18.0 Å². The molecular weight excluding hydrogens is 553 g/mol. The van der Waals surface area contributed by atoms with E-state index in [9.17, 15) is 14.4 Å². The molecule has 10 heteroatoms. The van der Waals surface area contributed by atoms with E-state index in [1.807, 2.05) is 26.8 Å². The van der Waals surface area contributed by atoms with Gasteiger partial charge in [-0.15, -0.1) is 0 Å². The molecule has 2 N–H and O–H groups in total. The predicted molar refractivity (Wildman–Crippen MR) is 136 cm³/mol. The zero-order valence-electron chi connectivity index (χ0n) is 19.3. The number of carbonyl (C=O) groups excluding carboxylic acids is 3. The summed E-state index contributed by atoms with van der Waals surface area (Å²) in [4.78, 5) is 38.6. The number of nitrogens with one attached hydrogen (secondary N) is 2.